The summed E-state index contributed by atoms with van der Waals surface area (Å²) in [4.78, 5) is 23.5. The number of thiazole rings is 1. The molecular weight excluding hydrogens is 424 g/mol. The average molecular weight is 441 g/mol. The van der Waals surface area contributed by atoms with E-state index in [-0.39, 0.29) is 28.5 Å². The topological polar surface area (TPSA) is 64.5 Å². The third kappa shape index (κ3) is 4.04. The molecule has 4 aromatic rings. The fourth-order valence-corrected chi connectivity index (χ4v) is 4.14. The number of carbonyl (C=O) groups excluding carboxylic acids is 1. The van der Waals surface area contributed by atoms with E-state index < -0.39 is 17.5 Å². The second kappa shape index (κ2) is 8.65. The molecule has 0 bridgehead atoms. The van der Waals surface area contributed by atoms with E-state index in [0.29, 0.717) is 16.1 Å². The molecule has 0 saturated carbocycles. The monoisotopic (exact) mass is 441 g/mol. The molecule has 2 aromatic carbocycles. The van der Waals surface area contributed by atoms with Gasteiger partial charge < -0.3 is 9.47 Å². The van der Waals surface area contributed by atoms with Crippen LogP contribution in [-0.2, 0) is 6.54 Å². The maximum atomic E-state index is 14.2. The summed E-state index contributed by atoms with van der Waals surface area (Å²) in [6.07, 6.45) is 1.61. The third-order valence-electron chi connectivity index (χ3n) is 4.56. The quantitative estimate of drug-likeness (QED) is 0.429. The van der Waals surface area contributed by atoms with Gasteiger partial charge in [-0.1, -0.05) is 23.5 Å². The number of nitrogens with zero attached hydrogens (tertiary/aromatic N) is 3. The maximum Gasteiger partial charge on any atom is 0.264 e. The number of pyridine rings is 1. The Morgan fingerprint density at radius 1 is 1.10 bits per heavy atom. The SMILES string of the molecule is COc1cccc(C(=O)N(Cc2ccccn2)c2nc3c(F)cc(F)cc3s2)c1OC. The van der Waals surface area contributed by atoms with Gasteiger partial charge in [0.1, 0.15) is 11.3 Å². The molecule has 1 amide bonds. The van der Waals surface area contributed by atoms with Gasteiger partial charge >= 0.3 is 0 Å². The van der Waals surface area contributed by atoms with Crippen LogP contribution in [0.15, 0.2) is 54.7 Å². The van der Waals surface area contributed by atoms with Crippen molar-refractivity contribution in [3.63, 3.8) is 0 Å². The Balaban J connectivity index is 1.84. The Kier molecular flexibility index (Phi) is 5.77. The van der Waals surface area contributed by atoms with E-state index in [0.717, 1.165) is 17.4 Å². The molecule has 0 saturated heterocycles. The summed E-state index contributed by atoms with van der Waals surface area (Å²) in [7, 11) is 2.91. The summed E-state index contributed by atoms with van der Waals surface area (Å²) in [5, 5.41) is 0.208. The minimum absolute atomic E-state index is 0.00201. The van der Waals surface area contributed by atoms with Gasteiger partial charge in [-0.25, -0.2) is 13.8 Å². The average Bonchev–Trinajstić information content (AvgIpc) is 3.21. The van der Waals surface area contributed by atoms with Crippen LogP contribution in [0, 0.1) is 11.6 Å². The highest BCUT2D eigenvalue weighted by Crippen LogP contribution is 2.36. The van der Waals surface area contributed by atoms with Crippen LogP contribution in [0.5, 0.6) is 11.5 Å². The van der Waals surface area contributed by atoms with Crippen molar-refractivity contribution < 1.29 is 23.0 Å². The summed E-state index contributed by atoms with van der Waals surface area (Å²) >= 11 is 1.01. The fraction of sp³-hybridized carbons (Fsp3) is 0.136. The molecule has 4 rings (SSSR count). The zero-order chi connectivity index (χ0) is 22.0. The van der Waals surface area contributed by atoms with Gasteiger partial charge in [0.2, 0.25) is 0 Å². The number of hydrogen-bond donors (Lipinski definition) is 0. The molecule has 0 aliphatic carbocycles. The van der Waals surface area contributed by atoms with E-state index in [1.807, 2.05) is 0 Å². The number of rotatable bonds is 6. The van der Waals surface area contributed by atoms with Gasteiger partial charge in [-0.3, -0.25) is 14.7 Å². The van der Waals surface area contributed by atoms with Crippen molar-refractivity contribution in [2.75, 3.05) is 19.1 Å². The molecule has 0 aliphatic rings. The molecular formula is C22H17F2N3O3S. The Morgan fingerprint density at radius 2 is 1.94 bits per heavy atom. The van der Waals surface area contributed by atoms with Crippen LogP contribution in [-0.4, -0.2) is 30.1 Å². The van der Waals surface area contributed by atoms with Gasteiger partial charge in [0, 0.05) is 12.3 Å². The van der Waals surface area contributed by atoms with Gasteiger partial charge in [0.15, 0.2) is 22.4 Å². The first-order valence-electron chi connectivity index (χ1n) is 9.20. The first kappa shape index (κ1) is 20.7. The lowest BCUT2D eigenvalue weighted by molar-refractivity contribution is 0.0981. The number of methoxy groups -OCH3 is 2. The van der Waals surface area contributed by atoms with Crippen LogP contribution in [0.25, 0.3) is 10.2 Å². The van der Waals surface area contributed by atoms with Crippen molar-refractivity contribution in [1.82, 2.24) is 9.97 Å². The Morgan fingerprint density at radius 3 is 2.65 bits per heavy atom. The standard InChI is InChI=1S/C22H17F2N3O3S/c1-29-17-8-5-7-15(20(17)30-2)21(28)27(12-14-6-3-4-9-25-14)22-26-19-16(24)10-13(23)11-18(19)31-22/h3-11H,12H2,1-2H3. The predicted molar refractivity (Wildman–Crippen MR) is 114 cm³/mol. The largest absolute Gasteiger partial charge is 0.493 e. The number of amides is 1. The summed E-state index contributed by atoms with van der Waals surface area (Å²) in [6, 6.07) is 12.2. The molecule has 31 heavy (non-hydrogen) atoms. The third-order valence-corrected chi connectivity index (χ3v) is 5.58. The molecule has 2 heterocycles. The van der Waals surface area contributed by atoms with Crippen molar-refractivity contribution in [3.05, 3.63) is 77.6 Å². The molecule has 0 radical (unpaired) electrons. The summed E-state index contributed by atoms with van der Waals surface area (Å²) in [5.74, 6) is -1.29. The minimum Gasteiger partial charge on any atom is -0.493 e. The number of para-hydroxylation sites is 1. The molecule has 158 valence electrons. The number of ether oxygens (including phenoxy) is 2. The predicted octanol–water partition coefficient (Wildman–Crippen LogP) is 4.83. The number of hydrogen-bond acceptors (Lipinski definition) is 6. The second-order valence-corrected chi connectivity index (χ2v) is 7.49. The van der Waals surface area contributed by atoms with Gasteiger partial charge in [-0.05, 0) is 30.3 Å². The number of fused-ring (bicyclic) bond motifs is 1. The van der Waals surface area contributed by atoms with E-state index in [1.165, 1.54) is 25.2 Å². The second-order valence-electron chi connectivity index (χ2n) is 6.48. The molecule has 0 unspecified atom stereocenters. The van der Waals surface area contributed by atoms with Crippen molar-refractivity contribution in [1.29, 1.82) is 0 Å². The van der Waals surface area contributed by atoms with E-state index in [9.17, 15) is 13.6 Å². The van der Waals surface area contributed by atoms with Crippen molar-refractivity contribution in [3.8, 4) is 11.5 Å². The molecule has 2 aromatic heterocycles. The lowest BCUT2D eigenvalue weighted by Crippen LogP contribution is -2.31. The molecule has 0 aliphatic heterocycles. The summed E-state index contributed by atoms with van der Waals surface area (Å²) in [6.45, 7) is 0.0734. The number of carbonyl (C=O) groups is 1. The Labute approximate surface area is 180 Å². The number of aromatic nitrogens is 2. The molecule has 0 atom stereocenters. The van der Waals surface area contributed by atoms with E-state index in [1.54, 1.807) is 42.6 Å². The number of benzene rings is 2. The normalized spacial score (nSPS) is 10.8. The molecule has 6 nitrogen and oxygen atoms in total. The zero-order valence-electron chi connectivity index (χ0n) is 16.6. The van der Waals surface area contributed by atoms with Crippen LogP contribution < -0.4 is 14.4 Å². The van der Waals surface area contributed by atoms with Crippen molar-refractivity contribution >= 4 is 32.6 Å². The van der Waals surface area contributed by atoms with Gasteiger partial charge in [-0.15, -0.1) is 0 Å². The Bertz CT molecular complexity index is 1250. The Hall–Kier alpha value is -3.59. The van der Waals surface area contributed by atoms with E-state index in [2.05, 4.69) is 9.97 Å². The molecule has 9 heteroatoms. The van der Waals surface area contributed by atoms with Gasteiger partial charge in [0.05, 0.1) is 36.7 Å². The zero-order valence-corrected chi connectivity index (χ0v) is 17.5. The molecule has 0 N–H and O–H groups in total. The smallest absolute Gasteiger partial charge is 0.264 e. The van der Waals surface area contributed by atoms with Crippen LogP contribution in [0.2, 0.25) is 0 Å². The van der Waals surface area contributed by atoms with Crippen molar-refractivity contribution in [2.45, 2.75) is 6.54 Å². The van der Waals surface area contributed by atoms with Gasteiger partial charge in [-0.2, -0.15) is 0 Å². The lowest BCUT2D eigenvalue weighted by atomic mass is 10.1. The number of anilines is 1. The van der Waals surface area contributed by atoms with Crippen LogP contribution in [0.4, 0.5) is 13.9 Å². The van der Waals surface area contributed by atoms with Crippen LogP contribution in [0.3, 0.4) is 0 Å². The highest BCUT2D eigenvalue weighted by molar-refractivity contribution is 7.22. The van der Waals surface area contributed by atoms with E-state index >= 15 is 0 Å². The lowest BCUT2D eigenvalue weighted by Gasteiger charge is -2.21. The number of halogens is 2. The summed E-state index contributed by atoms with van der Waals surface area (Å²) < 4.78 is 38.9. The fourth-order valence-electron chi connectivity index (χ4n) is 3.14. The highest BCUT2D eigenvalue weighted by Gasteiger charge is 2.27. The maximum absolute atomic E-state index is 14.2. The molecule has 0 spiro atoms. The van der Waals surface area contributed by atoms with E-state index in [4.69, 9.17) is 9.47 Å². The minimum atomic E-state index is -0.790. The van der Waals surface area contributed by atoms with Gasteiger partial charge in [0.25, 0.3) is 5.91 Å². The van der Waals surface area contributed by atoms with Crippen LogP contribution >= 0.6 is 11.3 Å². The first-order chi connectivity index (χ1) is 15.0. The summed E-state index contributed by atoms with van der Waals surface area (Å²) in [5.41, 5.74) is 0.838. The highest BCUT2D eigenvalue weighted by atomic mass is 32.1. The van der Waals surface area contributed by atoms with Crippen molar-refractivity contribution in [2.24, 2.45) is 0 Å². The molecule has 0 fully saturated rings. The van der Waals surface area contributed by atoms with Crippen LogP contribution in [0.1, 0.15) is 16.1 Å². The first-order valence-corrected chi connectivity index (χ1v) is 10.0.